The van der Waals surface area contributed by atoms with Gasteiger partial charge in [0.1, 0.15) is 11.5 Å². The van der Waals surface area contributed by atoms with Crippen molar-refractivity contribution in [1.82, 2.24) is 4.90 Å². The highest BCUT2D eigenvalue weighted by Crippen LogP contribution is 2.30. The number of hydrogen-bond acceptors (Lipinski definition) is 4. The average molecular weight is 360 g/mol. The molecular weight excluding hydrogens is 341 g/mol. The van der Waals surface area contributed by atoms with Crippen LogP contribution in [0.4, 0.5) is 18.9 Å². The van der Waals surface area contributed by atoms with E-state index in [0.29, 0.717) is 34.9 Å². The third kappa shape index (κ3) is 4.55. The zero-order valence-electron chi connectivity index (χ0n) is 13.9. The lowest BCUT2D eigenvalue weighted by Crippen LogP contribution is -2.48. The molecule has 1 aliphatic heterocycles. The van der Waals surface area contributed by atoms with Crippen molar-refractivity contribution in [3.8, 4) is 11.5 Å². The molecule has 0 saturated carbocycles. The molecule has 1 N–H and O–H groups in total. The van der Waals surface area contributed by atoms with Crippen LogP contribution in [0.15, 0.2) is 18.2 Å². The molecule has 2 amide bonds. The Morgan fingerprint density at radius 2 is 1.96 bits per heavy atom. The standard InChI is InChI=1S/C16H19F3N2O4/c1-24-11-5-6-13(25-2)12(8-11)20-14(22)10-4-3-7-21(9-10)15(23)16(17,18)19/h5-6,8,10H,3-4,7,9H2,1-2H3,(H,20,22). The summed E-state index contributed by atoms with van der Waals surface area (Å²) >= 11 is 0. The fourth-order valence-electron chi connectivity index (χ4n) is 2.70. The predicted octanol–water partition coefficient (Wildman–Crippen LogP) is 2.44. The molecule has 2 rings (SSSR count). The Bertz CT molecular complexity index is 649. The van der Waals surface area contributed by atoms with E-state index in [1.54, 1.807) is 18.2 Å². The lowest BCUT2D eigenvalue weighted by atomic mass is 9.97. The van der Waals surface area contributed by atoms with E-state index in [1.165, 1.54) is 14.2 Å². The van der Waals surface area contributed by atoms with Crippen molar-refractivity contribution >= 4 is 17.5 Å². The van der Waals surface area contributed by atoms with Gasteiger partial charge in [0.05, 0.1) is 25.8 Å². The quantitative estimate of drug-likeness (QED) is 0.896. The second kappa shape index (κ2) is 7.62. The first-order chi connectivity index (χ1) is 11.8. The molecule has 0 spiro atoms. The van der Waals surface area contributed by atoms with E-state index in [0.717, 1.165) is 0 Å². The molecule has 1 unspecified atom stereocenters. The van der Waals surface area contributed by atoms with E-state index < -0.39 is 23.9 Å². The number of halogens is 3. The van der Waals surface area contributed by atoms with Gasteiger partial charge in [0.25, 0.3) is 0 Å². The summed E-state index contributed by atoms with van der Waals surface area (Å²) in [5, 5.41) is 2.64. The SMILES string of the molecule is COc1ccc(OC)c(NC(=O)C2CCCN(C(=O)C(F)(F)F)C2)c1. The van der Waals surface area contributed by atoms with Crippen molar-refractivity contribution < 1.29 is 32.2 Å². The number of alkyl halides is 3. The summed E-state index contributed by atoms with van der Waals surface area (Å²) in [5.74, 6) is -2.21. The van der Waals surface area contributed by atoms with Crippen LogP contribution in [0.25, 0.3) is 0 Å². The number of ether oxygens (including phenoxy) is 2. The maximum atomic E-state index is 12.6. The minimum Gasteiger partial charge on any atom is -0.497 e. The van der Waals surface area contributed by atoms with Crippen molar-refractivity contribution in [2.45, 2.75) is 19.0 Å². The summed E-state index contributed by atoms with van der Waals surface area (Å²) in [7, 11) is 2.90. The number of piperidine rings is 1. The van der Waals surface area contributed by atoms with Gasteiger partial charge in [0.15, 0.2) is 0 Å². The van der Waals surface area contributed by atoms with Gasteiger partial charge in [-0.05, 0) is 25.0 Å². The zero-order valence-corrected chi connectivity index (χ0v) is 13.9. The maximum absolute atomic E-state index is 12.6. The monoisotopic (exact) mass is 360 g/mol. The van der Waals surface area contributed by atoms with Crippen LogP contribution < -0.4 is 14.8 Å². The van der Waals surface area contributed by atoms with Gasteiger partial charge in [-0.2, -0.15) is 13.2 Å². The van der Waals surface area contributed by atoms with E-state index in [-0.39, 0.29) is 13.1 Å². The van der Waals surface area contributed by atoms with Crippen LogP contribution in [0.2, 0.25) is 0 Å². The third-order valence-corrected chi connectivity index (χ3v) is 3.99. The molecule has 138 valence electrons. The Kier molecular flexibility index (Phi) is 5.76. The first-order valence-corrected chi connectivity index (χ1v) is 7.65. The predicted molar refractivity (Wildman–Crippen MR) is 83.5 cm³/mol. The number of nitrogens with one attached hydrogen (secondary N) is 1. The summed E-state index contributed by atoms with van der Waals surface area (Å²) in [4.78, 5) is 24.5. The summed E-state index contributed by atoms with van der Waals surface area (Å²) in [6, 6.07) is 4.81. The maximum Gasteiger partial charge on any atom is 0.471 e. The average Bonchev–Trinajstić information content (AvgIpc) is 2.60. The highest BCUT2D eigenvalue weighted by molar-refractivity contribution is 5.95. The number of hydrogen-bond donors (Lipinski definition) is 1. The molecule has 1 atom stereocenters. The Morgan fingerprint density at radius 1 is 1.24 bits per heavy atom. The van der Waals surface area contributed by atoms with Crippen molar-refractivity contribution in [1.29, 1.82) is 0 Å². The lowest BCUT2D eigenvalue weighted by molar-refractivity contribution is -0.187. The zero-order chi connectivity index (χ0) is 18.6. The number of amides is 2. The highest BCUT2D eigenvalue weighted by Gasteiger charge is 2.44. The largest absolute Gasteiger partial charge is 0.497 e. The molecule has 9 heteroatoms. The Balaban J connectivity index is 2.09. The van der Waals surface area contributed by atoms with Gasteiger partial charge in [-0.15, -0.1) is 0 Å². The van der Waals surface area contributed by atoms with Gasteiger partial charge in [-0.1, -0.05) is 0 Å². The minimum atomic E-state index is -4.94. The molecule has 25 heavy (non-hydrogen) atoms. The number of nitrogens with zero attached hydrogens (tertiary/aromatic N) is 1. The fraction of sp³-hybridized carbons (Fsp3) is 0.500. The second-order valence-electron chi connectivity index (χ2n) is 5.64. The molecule has 1 saturated heterocycles. The minimum absolute atomic E-state index is 0.00932. The molecule has 1 heterocycles. The van der Waals surface area contributed by atoms with Gasteiger partial charge < -0.3 is 19.7 Å². The first-order valence-electron chi connectivity index (χ1n) is 7.65. The first kappa shape index (κ1) is 18.9. The van der Waals surface area contributed by atoms with Gasteiger partial charge in [0, 0.05) is 19.2 Å². The van der Waals surface area contributed by atoms with E-state index in [4.69, 9.17) is 9.47 Å². The van der Waals surface area contributed by atoms with Gasteiger partial charge in [-0.3, -0.25) is 9.59 Å². The summed E-state index contributed by atoms with van der Waals surface area (Å²) in [6.07, 6.45) is -4.21. The number of likely N-dealkylation sites (tertiary alicyclic amines) is 1. The second-order valence-corrected chi connectivity index (χ2v) is 5.64. The Labute approximate surface area is 142 Å². The molecule has 0 bridgehead atoms. The normalized spacial score (nSPS) is 17.8. The molecule has 6 nitrogen and oxygen atoms in total. The summed E-state index contributed by atoms with van der Waals surface area (Å²) in [5.41, 5.74) is 0.353. The van der Waals surface area contributed by atoms with Crippen molar-refractivity contribution in [2.24, 2.45) is 5.92 Å². The van der Waals surface area contributed by atoms with Gasteiger partial charge in [0.2, 0.25) is 5.91 Å². The number of methoxy groups -OCH3 is 2. The molecule has 0 aliphatic carbocycles. The molecule has 1 aliphatic rings. The number of anilines is 1. The van der Waals surface area contributed by atoms with Gasteiger partial charge in [-0.25, -0.2) is 0 Å². The molecule has 1 aromatic carbocycles. The van der Waals surface area contributed by atoms with E-state index in [1.807, 2.05) is 0 Å². The van der Waals surface area contributed by atoms with Crippen LogP contribution in [0.3, 0.4) is 0 Å². The topological polar surface area (TPSA) is 67.9 Å². The van der Waals surface area contributed by atoms with Crippen LogP contribution in [0, 0.1) is 5.92 Å². The Hall–Kier alpha value is -2.45. The van der Waals surface area contributed by atoms with Crippen molar-refractivity contribution in [3.63, 3.8) is 0 Å². The number of carbonyl (C=O) groups is 2. The van der Waals surface area contributed by atoms with Crippen molar-refractivity contribution in [2.75, 3.05) is 32.6 Å². The third-order valence-electron chi connectivity index (χ3n) is 3.99. The van der Waals surface area contributed by atoms with E-state index in [2.05, 4.69) is 5.32 Å². The van der Waals surface area contributed by atoms with Crippen LogP contribution >= 0.6 is 0 Å². The number of carbonyl (C=O) groups excluding carboxylic acids is 2. The summed E-state index contributed by atoms with van der Waals surface area (Å²) in [6.45, 7) is -0.277. The molecule has 0 radical (unpaired) electrons. The van der Waals surface area contributed by atoms with Crippen molar-refractivity contribution in [3.05, 3.63) is 18.2 Å². The molecular formula is C16H19F3N2O4. The van der Waals surface area contributed by atoms with Crippen LogP contribution in [-0.2, 0) is 9.59 Å². The highest BCUT2D eigenvalue weighted by atomic mass is 19.4. The molecule has 1 fully saturated rings. The fourth-order valence-corrected chi connectivity index (χ4v) is 2.70. The molecule has 1 aromatic rings. The van der Waals surface area contributed by atoms with Crippen LogP contribution in [0.5, 0.6) is 11.5 Å². The summed E-state index contributed by atoms with van der Waals surface area (Å²) < 4.78 is 47.9. The molecule has 0 aromatic heterocycles. The van der Waals surface area contributed by atoms with Gasteiger partial charge >= 0.3 is 12.1 Å². The van der Waals surface area contributed by atoms with E-state index in [9.17, 15) is 22.8 Å². The van der Waals surface area contributed by atoms with Crippen LogP contribution in [0.1, 0.15) is 12.8 Å². The van der Waals surface area contributed by atoms with Crippen LogP contribution in [-0.4, -0.2) is 50.2 Å². The number of benzene rings is 1. The Morgan fingerprint density at radius 3 is 2.56 bits per heavy atom. The number of rotatable bonds is 4. The smallest absolute Gasteiger partial charge is 0.471 e. The lowest BCUT2D eigenvalue weighted by Gasteiger charge is -2.32. The van der Waals surface area contributed by atoms with E-state index >= 15 is 0 Å².